The van der Waals surface area contributed by atoms with Crippen LogP contribution in [0, 0.1) is 0 Å². The average molecular weight is 366 g/mol. The molecule has 0 saturated heterocycles. The number of ether oxygens (including phenoxy) is 3. The lowest BCUT2D eigenvalue weighted by molar-refractivity contribution is 0.0779. The Morgan fingerprint density at radius 2 is 1.96 bits per heavy atom. The van der Waals surface area contributed by atoms with E-state index in [0.717, 1.165) is 5.56 Å². The van der Waals surface area contributed by atoms with Crippen LogP contribution in [0.4, 0.5) is 0 Å². The summed E-state index contributed by atoms with van der Waals surface area (Å²) in [5.41, 5.74) is 1.29. The summed E-state index contributed by atoms with van der Waals surface area (Å²) < 4.78 is 21.6. The van der Waals surface area contributed by atoms with Gasteiger partial charge in [0, 0.05) is 19.7 Å². The van der Waals surface area contributed by atoms with Crippen molar-refractivity contribution in [2.75, 3.05) is 13.8 Å². The lowest BCUT2D eigenvalue weighted by Crippen LogP contribution is -2.26. The van der Waals surface area contributed by atoms with Gasteiger partial charge in [0.2, 0.25) is 12.7 Å². The van der Waals surface area contributed by atoms with E-state index in [1.165, 1.54) is 6.26 Å². The second kappa shape index (κ2) is 7.41. The number of carbonyl (C=O) groups excluding carboxylic acids is 1. The molecule has 1 aliphatic rings. The molecule has 0 saturated carbocycles. The summed E-state index contributed by atoms with van der Waals surface area (Å²) in [5.74, 6) is 2.04. The lowest BCUT2D eigenvalue weighted by atomic mass is 10.2. The number of hydrogen-bond acceptors (Lipinski definition) is 6. The number of oxazole rings is 1. The molecule has 0 radical (unpaired) electrons. The van der Waals surface area contributed by atoms with E-state index >= 15 is 0 Å². The third kappa shape index (κ3) is 3.87. The summed E-state index contributed by atoms with van der Waals surface area (Å²) >= 11 is 0. The molecule has 0 fully saturated rings. The summed E-state index contributed by atoms with van der Waals surface area (Å²) in [7, 11) is 1.73. The molecule has 0 unspecified atom stereocenters. The first kappa shape index (κ1) is 17.0. The zero-order valence-electron chi connectivity index (χ0n) is 14.8. The van der Waals surface area contributed by atoms with Crippen LogP contribution in [0.15, 0.2) is 59.2 Å². The number of carbonyl (C=O) groups is 1. The van der Waals surface area contributed by atoms with Gasteiger partial charge in [0.1, 0.15) is 12.0 Å². The van der Waals surface area contributed by atoms with Gasteiger partial charge in [-0.2, -0.15) is 0 Å². The first-order chi connectivity index (χ1) is 13.2. The maximum atomic E-state index is 12.5. The predicted octanol–water partition coefficient (Wildman–Crippen LogP) is 3.25. The Labute approximate surface area is 156 Å². The van der Waals surface area contributed by atoms with Gasteiger partial charge in [-0.15, -0.1) is 0 Å². The maximum absolute atomic E-state index is 12.5. The number of rotatable bonds is 6. The van der Waals surface area contributed by atoms with Crippen LogP contribution in [-0.4, -0.2) is 29.6 Å². The molecule has 2 aromatic carbocycles. The van der Waals surface area contributed by atoms with E-state index in [2.05, 4.69) is 4.98 Å². The van der Waals surface area contributed by atoms with Crippen molar-refractivity contribution in [1.29, 1.82) is 0 Å². The summed E-state index contributed by atoms with van der Waals surface area (Å²) in [6.45, 7) is 0.811. The fraction of sp³-hybridized carbons (Fsp3) is 0.200. The van der Waals surface area contributed by atoms with Crippen molar-refractivity contribution in [2.24, 2.45) is 0 Å². The highest BCUT2D eigenvalue weighted by Gasteiger charge is 2.18. The minimum Gasteiger partial charge on any atom is -0.484 e. The Hall–Kier alpha value is -3.48. The largest absolute Gasteiger partial charge is 0.484 e. The smallest absolute Gasteiger partial charge is 0.275 e. The van der Waals surface area contributed by atoms with Crippen molar-refractivity contribution in [3.05, 3.63) is 71.9 Å². The number of amides is 1. The zero-order chi connectivity index (χ0) is 18.6. The van der Waals surface area contributed by atoms with E-state index in [1.54, 1.807) is 30.1 Å². The first-order valence-electron chi connectivity index (χ1n) is 8.45. The highest BCUT2D eigenvalue weighted by molar-refractivity contribution is 5.91. The van der Waals surface area contributed by atoms with Crippen LogP contribution in [0.1, 0.15) is 21.9 Å². The molecular weight excluding hydrogens is 348 g/mol. The van der Waals surface area contributed by atoms with E-state index in [9.17, 15) is 4.79 Å². The van der Waals surface area contributed by atoms with Crippen LogP contribution in [0.2, 0.25) is 0 Å². The Kier molecular flexibility index (Phi) is 4.65. The molecule has 0 spiro atoms. The second-order valence-corrected chi connectivity index (χ2v) is 6.08. The van der Waals surface area contributed by atoms with E-state index in [1.807, 2.05) is 30.3 Å². The van der Waals surface area contributed by atoms with E-state index < -0.39 is 0 Å². The van der Waals surface area contributed by atoms with Crippen LogP contribution < -0.4 is 14.2 Å². The Morgan fingerprint density at radius 1 is 1.15 bits per heavy atom. The average Bonchev–Trinajstić information content (AvgIpc) is 3.35. The fourth-order valence-electron chi connectivity index (χ4n) is 2.71. The summed E-state index contributed by atoms with van der Waals surface area (Å²) in [6.07, 6.45) is 1.35. The summed E-state index contributed by atoms with van der Waals surface area (Å²) in [5, 5.41) is 0. The Bertz CT molecular complexity index is 939. The monoisotopic (exact) mass is 366 g/mol. The zero-order valence-corrected chi connectivity index (χ0v) is 14.8. The van der Waals surface area contributed by atoms with E-state index in [0.29, 0.717) is 29.7 Å². The molecule has 138 valence electrons. The van der Waals surface area contributed by atoms with E-state index in [4.69, 9.17) is 18.6 Å². The number of fused-ring (bicyclic) bond motifs is 1. The first-order valence-corrected chi connectivity index (χ1v) is 8.45. The van der Waals surface area contributed by atoms with Gasteiger partial charge in [-0.1, -0.05) is 30.3 Å². The molecule has 7 nitrogen and oxygen atoms in total. The molecule has 3 aromatic rings. The third-order valence-corrected chi connectivity index (χ3v) is 4.09. The van der Waals surface area contributed by atoms with Crippen LogP contribution >= 0.6 is 0 Å². The molecule has 0 aliphatic carbocycles. The molecule has 27 heavy (non-hydrogen) atoms. The number of nitrogens with zero attached hydrogens (tertiary/aromatic N) is 2. The van der Waals surface area contributed by atoms with Gasteiger partial charge < -0.3 is 23.5 Å². The van der Waals surface area contributed by atoms with Crippen molar-refractivity contribution < 1.29 is 23.4 Å². The molecule has 0 N–H and O–H groups in total. The minimum atomic E-state index is -0.211. The van der Waals surface area contributed by atoms with Crippen molar-refractivity contribution in [1.82, 2.24) is 9.88 Å². The molecule has 7 heteroatoms. The van der Waals surface area contributed by atoms with Crippen LogP contribution in [0.25, 0.3) is 0 Å². The van der Waals surface area contributed by atoms with Crippen molar-refractivity contribution in [3.8, 4) is 17.2 Å². The topological polar surface area (TPSA) is 74.0 Å². The molecule has 0 atom stereocenters. The van der Waals surface area contributed by atoms with Gasteiger partial charge in [-0.3, -0.25) is 4.79 Å². The minimum absolute atomic E-state index is 0.106. The van der Waals surface area contributed by atoms with Gasteiger partial charge in [0.15, 0.2) is 23.8 Å². The van der Waals surface area contributed by atoms with Crippen LogP contribution in [-0.2, 0) is 13.2 Å². The Balaban J connectivity index is 1.36. The van der Waals surface area contributed by atoms with Crippen LogP contribution in [0.3, 0.4) is 0 Å². The van der Waals surface area contributed by atoms with Crippen LogP contribution in [0.5, 0.6) is 17.2 Å². The molecule has 4 rings (SSSR count). The Morgan fingerprint density at radius 3 is 2.81 bits per heavy atom. The third-order valence-electron chi connectivity index (χ3n) is 4.09. The standard InChI is InChI=1S/C20H18N2O5/c1-22(10-14-5-3-2-4-6-14)20(23)16-11-25-19(21-16)12-24-15-7-8-17-18(9-15)27-13-26-17/h2-9,11H,10,12-13H2,1H3. The lowest BCUT2D eigenvalue weighted by Gasteiger charge is -2.15. The van der Waals surface area contributed by atoms with Gasteiger partial charge in [-0.05, 0) is 17.7 Å². The summed E-state index contributed by atoms with van der Waals surface area (Å²) in [6, 6.07) is 15.1. The van der Waals surface area contributed by atoms with Crippen molar-refractivity contribution >= 4 is 5.91 Å². The predicted molar refractivity (Wildman–Crippen MR) is 95.6 cm³/mol. The van der Waals surface area contributed by atoms with Gasteiger partial charge >= 0.3 is 0 Å². The normalized spacial score (nSPS) is 12.0. The van der Waals surface area contributed by atoms with Gasteiger partial charge in [-0.25, -0.2) is 4.98 Å². The molecule has 0 bridgehead atoms. The summed E-state index contributed by atoms with van der Waals surface area (Å²) in [4.78, 5) is 18.3. The highest BCUT2D eigenvalue weighted by atomic mass is 16.7. The molecular formula is C20H18N2O5. The molecule has 1 amide bonds. The maximum Gasteiger partial charge on any atom is 0.275 e. The highest BCUT2D eigenvalue weighted by Crippen LogP contribution is 2.35. The van der Waals surface area contributed by atoms with Crippen molar-refractivity contribution in [3.63, 3.8) is 0 Å². The second-order valence-electron chi connectivity index (χ2n) is 6.08. The number of aromatic nitrogens is 1. The number of benzene rings is 2. The molecule has 2 heterocycles. The quantitative estimate of drug-likeness (QED) is 0.667. The van der Waals surface area contributed by atoms with E-state index in [-0.39, 0.29) is 25.0 Å². The van der Waals surface area contributed by atoms with Crippen molar-refractivity contribution in [2.45, 2.75) is 13.2 Å². The van der Waals surface area contributed by atoms with Gasteiger partial charge in [0.25, 0.3) is 5.91 Å². The molecule has 1 aromatic heterocycles. The van der Waals surface area contributed by atoms with Gasteiger partial charge in [0.05, 0.1) is 0 Å². The number of hydrogen-bond donors (Lipinski definition) is 0. The molecule has 1 aliphatic heterocycles. The SMILES string of the molecule is CN(Cc1ccccc1)C(=O)c1coc(COc2ccc3c(c2)OCO3)n1. The fourth-order valence-corrected chi connectivity index (χ4v) is 2.71.